The van der Waals surface area contributed by atoms with Crippen LogP contribution in [0.15, 0.2) is 82.7 Å². The largest absolute Gasteiger partial charge is 0.465 e. The molecule has 4 rings (SSSR count). The number of aromatic nitrogens is 2. The lowest BCUT2D eigenvalue weighted by atomic mass is 10.1. The fourth-order valence-corrected chi connectivity index (χ4v) is 4.27. The summed E-state index contributed by atoms with van der Waals surface area (Å²) in [4.78, 5) is 54.2. The second-order valence-electron chi connectivity index (χ2n) is 7.57. The van der Waals surface area contributed by atoms with E-state index >= 15 is 0 Å². The number of benzene rings is 3. The van der Waals surface area contributed by atoms with Crippen molar-refractivity contribution in [3.63, 3.8) is 0 Å². The predicted molar refractivity (Wildman–Crippen MR) is 134 cm³/mol. The summed E-state index contributed by atoms with van der Waals surface area (Å²) in [6, 6.07) is 20.2. The predicted octanol–water partition coefficient (Wildman–Crippen LogP) is 4.11. The lowest BCUT2D eigenvalue weighted by Gasteiger charge is -2.13. The molecule has 0 atom stereocenters. The lowest BCUT2D eigenvalue weighted by molar-refractivity contribution is -0.113. The molecule has 1 N–H and O–H groups in total. The van der Waals surface area contributed by atoms with Crippen LogP contribution in [0.25, 0.3) is 16.6 Å². The number of hydrogen-bond acceptors (Lipinski definition) is 7. The quantitative estimate of drug-likeness (QED) is 0.181. The van der Waals surface area contributed by atoms with Crippen LogP contribution in [0.3, 0.4) is 0 Å². The Hall–Kier alpha value is -4.24. The second-order valence-corrected chi connectivity index (χ2v) is 8.51. The summed E-state index contributed by atoms with van der Waals surface area (Å²) in [6.45, 7) is 1.45. The molecule has 0 aliphatic carbocycles. The summed E-state index contributed by atoms with van der Waals surface area (Å²) >= 11 is 1.09. The summed E-state index contributed by atoms with van der Waals surface area (Å²) in [5, 5.41) is 3.39. The molecule has 0 unspecified atom stereocenters. The van der Waals surface area contributed by atoms with Crippen LogP contribution in [0.2, 0.25) is 0 Å². The van der Waals surface area contributed by atoms with E-state index < -0.39 is 5.97 Å². The minimum Gasteiger partial charge on any atom is -0.465 e. The Bertz CT molecular complexity index is 1500. The maximum absolute atomic E-state index is 13.4. The molecule has 0 saturated carbocycles. The Labute approximate surface area is 204 Å². The van der Waals surface area contributed by atoms with E-state index in [0.717, 1.165) is 11.8 Å². The molecule has 3 aromatic carbocycles. The van der Waals surface area contributed by atoms with E-state index in [1.807, 2.05) is 6.07 Å². The van der Waals surface area contributed by atoms with Gasteiger partial charge in [-0.05, 0) is 49.4 Å². The van der Waals surface area contributed by atoms with E-state index in [4.69, 9.17) is 4.74 Å². The zero-order valence-electron chi connectivity index (χ0n) is 19.0. The second kappa shape index (κ2) is 10.4. The van der Waals surface area contributed by atoms with E-state index in [1.54, 1.807) is 54.6 Å². The third-order valence-electron chi connectivity index (χ3n) is 5.16. The number of carbonyl (C=O) groups excluding carboxylic acids is 3. The number of esters is 1. The van der Waals surface area contributed by atoms with Crippen molar-refractivity contribution >= 4 is 46.0 Å². The van der Waals surface area contributed by atoms with Crippen LogP contribution in [0.4, 0.5) is 5.69 Å². The van der Waals surface area contributed by atoms with Gasteiger partial charge in [-0.3, -0.25) is 19.0 Å². The number of rotatable bonds is 7. The molecule has 0 aliphatic heterocycles. The maximum Gasteiger partial charge on any atom is 0.337 e. The highest BCUT2D eigenvalue weighted by Crippen LogP contribution is 2.23. The van der Waals surface area contributed by atoms with Crippen molar-refractivity contribution in [1.82, 2.24) is 9.55 Å². The van der Waals surface area contributed by atoms with Gasteiger partial charge in [0, 0.05) is 11.3 Å². The summed E-state index contributed by atoms with van der Waals surface area (Å²) in [5.74, 6) is -1.00. The molecule has 0 bridgehead atoms. The Balaban J connectivity index is 1.68. The molecule has 0 spiro atoms. The van der Waals surface area contributed by atoms with Gasteiger partial charge in [-0.25, -0.2) is 9.78 Å². The van der Waals surface area contributed by atoms with Crippen molar-refractivity contribution in [2.45, 2.75) is 12.1 Å². The third kappa shape index (κ3) is 5.30. The van der Waals surface area contributed by atoms with Crippen LogP contribution in [0.1, 0.15) is 27.6 Å². The number of amides is 1. The number of ether oxygens (including phenoxy) is 1. The zero-order chi connectivity index (χ0) is 24.9. The normalized spacial score (nSPS) is 10.7. The molecule has 0 saturated heterocycles. The van der Waals surface area contributed by atoms with Crippen molar-refractivity contribution in [3.05, 3.63) is 94.3 Å². The zero-order valence-corrected chi connectivity index (χ0v) is 19.8. The van der Waals surface area contributed by atoms with Gasteiger partial charge < -0.3 is 10.1 Å². The fourth-order valence-electron chi connectivity index (χ4n) is 3.45. The minimum atomic E-state index is -0.540. The minimum absolute atomic E-state index is 0.0359. The molecule has 0 aliphatic rings. The number of ketones is 1. The number of para-hydroxylation sites is 1. The lowest BCUT2D eigenvalue weighted by Crippen LogP contribution is -2.23. The maximum atomic E-state index is 13.4. The molecule has 8 nitrogen and oxygen atoms in total. The van der Waals surface area contributed by atoms with Gasteiger partial charge in [0.15, 0.2) is 10.9 Å². The average Bonchev–Trinajstić information content (AvgIpc) is 2.87. The number of Topliss-reactive ketones (excluding diaryl/α,β-unsaturated/α-hetero) is 1. The van der Waals surface area contributed by atoms with Crippen molar-refractivity contribution < 1.29 is 19.1 Å². The van der Waals surface area contributed by atoms with Gasteiger partial charge in [0.1, 0.15) is 0 Å². The van der Waals surface area contributed by atoms with Crippen LogP contribution < -0.4 is 10.9 Å². The van der Waals surface area contributed by atoms with Crippen molar-refractivity contribution in [1.29, 1.82) is 0 Å². The van der Waals surface area contributed by atoms with Gasteiger partial charge in [0.2, 0.25) is 5.91 Å². The van der Waals surface area contributed by atoms with Crippen molar-refractivity contribution in [2.24, 2.45) is 0 Å². The van der Waals surface area contributed by atoms with Gasteiger partial charge in [-0.2, -0.15) is 0 Å². The monoisotopic (exact) mass is 487 g/mol. The number of fused-ring (bicyclic) bond motifs is 1. The van der Waals surface area contributed by atoms with Crippen molar-refractivity contribution in [2.75, 3.05) is 18.2 Å². The molecule has 35 heavy (non-hydrogen) atoms. The number of hydrogen-bond donors (Lipinski definition) is 1. The molecular formula is C26H21N3O5S. The molecule has 9 heteroatoms. The Morgan fingerprint density at radius 1 is 0.971 bits per heavy atom. The number of thioether (sulfide) groups is 1. The summed E-state index contributed by atoms with van der Waals surface area (Å²) in [7, 11) is 1.28. The third-order valence-corrected chi connectivity index (χ3v) is 6.10. The first-order valence-corrected chi connectivity index (χ1v) is 11.6. The summed E-state index contributed by atoms with van der Waals surface area (Å²) in [5.41, 5.74) is 1.85. The SMILES string of the molecule is COC(=O)c1ccc2c(=O)n(-c3ccccc3)c(SCC(=O)Nc3cccc(C(C)=O)c3)nc2c1. The molecule has 176 valence electrons. The Kier molecular flexibility index (Phi) is 7.07. The number of anilines is 1. The first kappa shape index (κ1) is 23.9. The van der Waals surface area contributed by atoms with E-state index in [2.05, 4.69) is 10.3 Å². The molecule has 4 aromatic rings. The first-order valence-electron chi connectivity index (χ1n) is 10.6. The molecule has 1 aromatic heterocycles. The molecule has 1 heterocycles. The smallest absolute Gasteiger partial charge is 0.337 e. The highest BCUT2D eigenvalue weighted by atomic mass is 32.2. The van der Waals surface area contributed by atoms with Gasteiger partial charge >= 0.3 is 5.97 Å². The van der Waals surface area contributed by atoms with Crippen LogP contribution in [0, 0.1) is 0 Å². The van der Waals surface area contributed by atoms with Gasteiger partial charge in [-0.1, -0.05) is 42.1 Å². The molecule has 1 amide bonds. The first-order chi connectivity index (χ1) is 16.9. The Morgan fingerprint density at radius 2 is 1.74 bits per heavy atom. The highest BCUT2D eigenvalue weighted by Gasteiger charge is 2.17. The van der Waals surface area contributed by atoms with Gasteiger partial charge in [0.25, 0.3) is 5.56 Å². The van der Waals surface area contributed by atoms with Crippen LogP contribution in [-0.4, -0.2) is 40.1 Å². The number of methoxy groups -OCH3 is 1. The van der Waals surface area contributed by atoms with Crippen LogP contribution >= 0.6 is 11.8 Å². The molecular weight excluding hydrogens is 466 g/mol. The van der Waals surface area contributed by atoms with Crippen LogP contribution in [-0.2, 0) is 9.53 Å². The number of carbonyl (C=O) groups is 3. The molecule has 0 radical (unpaired) electrons. The van der Waals surface area contributed by atoms with Crippen LogP contribution in [0.5, 0.6) is 0 Å². The van der Waals surface area contributed by atoms with Gasteiger partial charge in [-0.15, -0.1) is 0 Å². The topological polar surface area (TPSA) is 107 Å². The van der Waals surface area contributed by atoms with Crippen molar-refractivity contribution in [3.8, 4) is 5.69 Å². The average molecular weight is 488 g/mol. The standard InChI is InChI=1S/C26H21N3O5S/c1-16(30)17-7-6-8-19(13-17)27-23(31)15-35-26-28-22-14-18(25(33)34-2)11-12-21(22)24(32)29(26)20-9-4-3-5-10-20/h3-14H,15H2,1-2H3,(H,27,31). The summed E-state index contributed by atoms with van der Waals surface area (Å²) < 4.78 is 6.21. The van der Waals surface area contributed by atoms with E-state index in [0.29, 0.717) is 33.0 Å². The van der Waals surface area contributed by atoms with E-state index in [1.165, 1.54) is 30.7 Å². The Morgan fingerprint density at radius 3 is 2.46 bits per heavy atom. The number of nitrogens with one attached hydrogen (secondary N) is 1. The van der Waals surface area contributed by atoms with E-state index in [9.17, 15) is 19.2 Å². The number of nitrogens with zero attached hydrogens (tertiary/aromatic N) is 2. The summed E-state index contributed by atoms with van der Waals surface area (Å²) in [6.07, 6.45) is 0. The van der Waals surface area contributed by atoms with E-state index in [-0.39, 0.29) is 28.6 Å². The highest BCUT2D eigenvalue weighted by molar-refractivity contribution is 7.99. The molecule has 0 fully saturated rings. The fraction of sp³-hybridized carbons (Fsp3) is 0.115. The van der Waals surface area contributed by atoms with Gasteiger partial charge in [0.05, 0.1) is 35.0 Å².